The molecule has 0 aliphatic carbocycles. The molecule has 170 valence electrons. The molecular formula is C26H35FO4. The number of carbonyl (C=O) groups excluding carboxylic acids is 1. The molecule has 0 spiro atoms. The molecule has 5 heteroatoms. The van der Waals surface area contributed by atoms with Gasteiger partial charge in [-0.15, -0.1) is 0 Å². The van der Waals surface area contributed by atoms with Crippen LogP contribution in [0.15, 0.2) is 24.3 Å². The van der Waals surface area contributed by atoms with Crippen LogP contribution in [0, 0.1) is 26.6 Å². The summed E-state index contributed by atoms with van der Waals surface area (Å²) in [4.78, 5) is 11.4. The van der Waals surface area contributed by atoms with E-state index < -0.39 is 6.10 Å². The molecule has 2 aromatic carbocycles. The van der Waals surface area contributed by atoms with Gasteiger partial charge in [0.05, 0.1) is 20.3 Å². The molecule has 2 aromatic rings. The highest BCUT2D eigenvalue weighted by atomic mass is 19.1. The lowest BCUT2D eigenvalue weighted by Gasteiger charge is -2.28. The first kappa shape index (κ1) is 24.9. The third-order valence-electron chi connectivity index (χ3n) is 6.20. The molecule has 1 unspecified atom stereocenters. The second kappa shape index (κ2) is 11.3. The Bertz CT molecular complexity index is 888. The van der Waals surface area contributed by atoms with E-state index in [1.807, 2.05) is 32.9 Å². The molecule has 0 saturated heterocycles. The second-order valence-electron chi connectivity index (χ2n) is 8.19. The number of unbranched alkanes of at least 4 members (excludes halogenated alkanes) is 2. The van der Waals surface area contributed by atoms with Crippen molar-refractivity contribution in [3.05, 3.63) is 63.5 Å². The highest BCUT2D eigenvalue weighted by Gasteiger charge is 2.27. The zero-order valence-corrected chi connectivity index (χ0v) is 19.5. The minimum Gasteiger partial charge on any atom is -0.496 e. The minimum absolute atomic E-state index is 0.00882. The van der Waals surface area contributed by atoms with Gasteiger partial charge in [-0.05, 0) is 80.5 Å². The van der Waals surface area contributed by atoms with Crippen molar-refractivity contribution in [1.29, 1.82) is 0 Å². The fraction of sp³-hybridized carbons (Fsp3) is 0.500. The molecule has 4 nitrogen and oxygen atoms in total. The van der Waals surface area contributed by atoms with Crippen molar-refractivity contribution in [2.45, 2.75) is 71.8 Å². The van der Waals surface area contributed by atoms with Crippen molar-refractivity contribution in [2.24, 2.45) is 0 Å². The average molecular weight is 431 g/mol. The largest absolute Gasteiger partial charge is 0.496 e. The van der Waals surface area contributed by atoms with Gasteiger partial charge in [0, 0.05) is 17.9 Å². The van der Waals surface area contributed by atoms with Crippen LogP contribution in [0.3, 0.4) is 0 Å². The number of esters is 1. The van der Waals surface area contributed by atoms with Gasteiger partial charge < -0.3 is 14.6 Å². The Morgan fingerprint density at radius 2 is 1.61 bits per heavy atom. The summed E-state index contributed by atoms with van der Waals surface area (Å²) in [7, 11) is 3.08. The summed E-state index contributed by atoms with van der Waals surface area (Å²) >= 11 is 0. The molecule has 1 N–H and O–H groups in total. The number of aliphatic hydroxyl groups excluding tert-OH is 1. The van der Waals surface area contributed by atoms with Gasteiger partial charge in [0.15, 0.2) is 0 Å². The van der Waals surface area contributed by atoms with Crippen molar-refractivity contribution < 1.29 is 23.8 Å². The number of benzene rings is 2. The zero-order chi connectivity index (χ0) is 23.1. The number of hydrogen-bond donors (Lipinski definition) is 1. The third-order valence-corrected chi connectivity index (χ3v) is 6.20. The van der Waals surface area contributed by atoms with Gasteiger partial charge in [-0.3, -0.25) is 4.79 Å². The van der Waals surface area contributed by atoms with Gasteiger partial charge in [0.1, 0.15) is 11.6 Å². The summed E-state index contributed by atoms with van der Waals surface area (Å²) in [6.45, 7) is 7.84. The summed E-state index contributed by atoms with van der Waals surface area (Å²) in [6, 6.07) is 6.62. The Morgan fingerprint density at radius 3 is 2.16 bits per heavy atom. The Morgan fingerprint density at radius 1 is 0.968 bits per heavy atom. The third kappa shape index (κ3) is 5.85. The van der Waals surface area contributed by atoms with Crippen LogP contribution in [0.5, 0.6) is 5.75 Å². The normalized spacial score (nSPS) is 13.0. The monoisotopic (exact) mass is 430 g/mol. The van der Waals surface area contributed by atoms with Gasteiger partial charge in [-0.1, -0.05) is 25.0 Å². The van der Waals surface area contributed by atoms with Gasteiger partial charge >= 0.3 is 5.97 Å². The van der Waals surface area contributed by atoms with Gasteiger partial charge in [0.25, 0.3) is 0 Å². The number of ether oxygens (including phenoxy) is 2. The maximum atomic E-state index is 13.6. The van der Waals surface area contributed by atoms with Crippen LogP contribution in [0.4, 0.5) is 4.39 Å². The molecule has 0 aromatic heterocycles. The highest BCUT2D eigenvalue weighted by Crippen LogP contribution is 2.44. The fourth-order valence-electron chi connectivity index (χ4n) is 4.55. The Balaban J connectivity index is 2.48. The predicted octanol–water partition coefficient (Wildman–Crippen LogP) is 6.07. The number of aliphatic hydroxyl groups is 1. The van der Waals surface area contributed by atoms with Crippen LogP contribution in [0.1, 0.15) is 84.4 Å². The van der Waals surface area contributed by atoms with E-state index in [0.717, 1.165) is 64.8 Å². The summed E-state index contributed by atoms with van der Waals surface area (Å²) in [5.74, 6) is 0.353. The van der Waals surface area contributed by atoms with E-state index in [1.54, 1.807) is 14.0 Å². The zero-order valence-electron chi connectivity index (χ0n) is 19.5. The van der Waals surface area contributed by atoms with Crippen LogP contribution < -0.4 is 4.74 Å². The second-order valence-corrected chi connectivity index (χ2v) is 8.19. The quantitative estimate of drug-likeness (QED) is 0.367. The molecule has 0 aliphatic heterocycles. The van der Waals surface area contributed by atoms with Crippen LogP contribution in [-0.2, 0) is 9.53 Å². The first-order valence-corrected chi connectivity index (χ1v) is 10.9. The number of carbonyl (C=O) groups is 1. The van der Waals surface area contributed by atoms with E-state index in [4.69, 9.17) is 9.47 Å². The Kier molecular flexibility index (Phi) is 9.05. The van der Waals surface area contributed by atoms with Gasteiger partial charge in [-0.25, -0.2) is 4.39 Å². The smallest absolute Gasteiger partial charge is 0.305 e. The van der Waals surface area contributed by atoms with E-state index in [-0.39, 0.29) is 17.7 Å². The van der Waals surface area contributed by atoms with Crippen molar-refractivity contribution in [2.75, 3.05) is 14.2 Å². The molecule has 0 bridgehead atoms. The van der Waals surface area contributed by atoms with Gasteiger partial charge in [0.2, 0.25) is 0 Å². The van der Waals surface area contributed by atoms with E-state index in [2.05, 4.69) is 0 Å². The number of hydrogen-bond acceptors (Lipinski definition) is 4. The highest BCUT2D eigenvalue weighted by molar-refractivity contribution is 5.69. The lowest BCUT2D eigenvalue weighted by molar-refractivity contribution is -0.140. The molecule has 0 radical (unpaired) electrons. The lowest BCUT2D eigenvalue weighted by Crippen LogP contribution is -2.13. The summed E-state index contributed by atoms with van der Waals surface area (Å²) in [5.41, 5.74) is 6.03. The first-order valence-electron chi connectivity index (χ1n) is 10.9. The van der Waals surface area contributed by atoms with Crippen molar-refractivity contribution in [3.63, 3.8) is 0 Å². The molecule has 31 heavy (non-hydrogen) atoms. The molecule has 2 atom stereocenters. The van der Waals surface area contributed by atoms with E-state index in [9.17, 15) is 14.3 Å². The van der Waals surface area contributed by atoms with Crippen LogP contribution in [-0.4, -0.2) is 25.3 Å². The molecule has 0 saturated carbocycles. The molecule has 2 rings (SSSR count). The molecule has 0 aliphatic rings. The van der Waals surface area contributed by atoms with Crippen LogP contribution in [0.25, 0.3) is 0 Å². The fourth-order valence-corrected chi connectivity index (χ4v) is 4.55. The Labute approximate surface area is 185 Å². The van der Waals surface area contributed by atoms with Crippen molar-refractivity contribution in [1.82, 2.24) is 0 Å². The number of rotatable bonds is 10. The van der Waals surface area contributed by atoms with Crippen LogP contribution in [0.2, 0.25) is 0 Å². The number of methoxy groups -OCH3 is 2. The van der Waals surface area contributed by atoms with Crippen molar-refractivity contribution >= 4 is 5.97 Å². The SMILES string of the molecule is COC(=O)CCCCC[C@H](c1ccc(F)cc1)c1c(C)c(C(C)O)c(C)c(C)c1OC. The lowest BCUT2D eigenvalue weighted by atomic mass is 9.79. The number of halogens is 1. The van der Waals surface area contributed by atoms with E-state index in [0.29, 0.717) is 6.42 Å². The standard InChI is InChI=1S/C26H35FO4/c1-16-17(2)26(31-6)25(18(3)24(16)19(4)28)22(20-12-14-21(27)15-13-20)10-8-7-9-11-23(29)30-5/h12-15,19,22,28H,7-11H2,1-6H3/t19?,22-/m1/s1. The van der Waals surface area contributed by atoms with Gasteiger partial charge in [-0.2, -0.15) is 0 Å². The van der Waals surface area contributed by atoms with Crippen molar-refractivity contribution in [3.8, 4) is 5.75 Å². The summed E-state index contributed by atoms with van der Waals surface area (Å²) in [6.07, 6.45) is 3.20. The summed E-state index contributed by atoms with van der Waals surface area (Å²) < 4.78 is 24.2. The molecular weight excluding hydrogens is 395 g/mol. The molecule has 0 fully saturated rings. The minimum atomic E-state index is -0.600. The maximum Gasteiger partial charge on any atom is 0.305 e. The first-order chi connectivity index (χ1) is 14.7. The Hall–Kier alpha value is -2.40. The van der Waals surface area contributed by atoms with E-state index >= 15 is 0 Å². The average Bonchev–Trinajstić information content (AvgIpc) is 2.74. The molecule has 0 amide bonds. The topological polar surface area (TPSA) is 55.8 Å². The predicted molar refractivity (Wildman–Crippen MR) is 121 cm³/mol. The maximum absolute atomic E-state index is 13.6. The van der Waals surface area contributed by atoms with Crippen LogP contribution >= 0.6 is 0 Å². The summed E-state index contributed by atoms with van der Waals surface area (Å²) in [5, 5.41) is 10.5. The molecule has 0 heterocycles. The van der Waals surface area contributed by atoms with E-state index in [1.165, 1.54) is 19.2 Å².